The number of ether oxygens (including phenoxy) is 1. The van der Waals surface area contributed by atoms with Gasteiger partial charge >= 0.3 is 5.95 Å². The Morgan fingerprint density at radius 2 is 1.97 bits per heavy atom. The smallest absolute Gasteiger partial charge is 0.322 e. The fraction of sp³-hybridized carbons (Fsp3) is 0.304. The van der Waals surface area contributed by atoms with E-state index < -0.39 is 5.60 Å². The van der Waals surface area contributed by atoms with Gasteiger partial charge in [-0.3, -0.25) is 0 Å². The summed E-state index contributed by atoms with van der Waals surface area (Å²) in [5, 5.41) is 0.812. The van der Waals surface area contributed by atoms with Crippen molar-refractivity contribution in [2.45, 2.75) is 31.4 Å². The molecule has 1 aromatic carbocycles. The predicted molar refractivity (Wildman–Crippen MR) is 124 cm³/mol. The minimum Gasteiger partial charge on any atom is -0.469 e. The molecule has 7 nitrogen and oxygen atoms in total. The normalized spacial score (nSPS) is 18.8. The van der Waals surface area contributed by atoms with E-state index in [9.17, 15) is 0 Å². The molecule has 2 aliphatic rings. The molecule has 3 aromatic rings. The van der Waals surface area contributed by atoms with Crippen molar-refractivity contribution in [1.29, 1.82) is 0 Å². The predicted octanol–water partition coefficient (Wildman–Crippen LogP) is 5.14. The number of nitrogens with two attached hydrogens (primary N) is 1. The van der Waals surface area contributed by atoms with Gasteiger partial charge in [0.15, 0.2) is 0 Å². The average Bonchev–Trinajstić information content (AvgIpc) is 3.07. The van der Waals surface area contributed by atoms with E-state index in [4.69, 9.17) is 45.2 Å². The number of aromatic nitrogens is 3. The van der Waals surface area contributed by atoms with Crippen LogP contribution in [0.1, 0.15) is 30.1 Å². The van der Waals surface area contributed by atoms with Gasteiger partial charge in [0, 0.05) is 48.9 Å². The van der Waals surface area contributed by atoms with E-state index in [0.29, 0.717) is 64.6 Å². The fourth-order valence-corrected chi connectivity index (χ4v) is 4.94. The first-order chi connectivity index (χ1) is 15.4. The molecule has 4 heterocycles. The van der Waals surface area contributed by atoms with Gasteiger partial charge in [-0.2, -0.15) is 4.98 Å². The molecule has 0 bridgehead atoms. The molecule has 2 aliphatic heterocycles. The van der Waals surface area contributed by atoms with Gasteiger partial charge in [-0.15, -0.1) is 0 Å². The minimum absolute atomic E-state index is 0.220. The maximum absolute atomic E-state index is 7.69. The molecule has 32 heavy (non-hydrogen) atoms. The van der Waals surface area contributed by atoms with Crippen LogP contribution in [0.15, 0.2) is 36.5 Å². The average molecular weight is 467 g/mol. The Hall–Kier alpha value is -2.92. The molecule has 0 saturated carbocycles. The number of aryl methyl sites for hydroxylation is 1. The van der Waals surface area contributed by atoms with E-state index >= 15 is 0 Å². The van der Waals surface area contributed by atoms with Crippen LogP contribution < -0.4 is 15.4 Å². The third kappa shape index (κ3) is 3.27. The third-order valence-corrected chi connectivity index (χ3v) is 7.10. The summed E-state index contributed by atoms with van der Waals surface area (Å²) in [6.45, 7) is 10.9. The van der Waals surface area contributed by atoms with Crippen LogP contribution >= 0.6 is 23.2 Å². The zero-order valence-corrected chi connectivity index (χ0v) is 18.9. The van der Waals surface area contributed by atoms with Crippen molar-refractivity contribution in [1.82, 2.24) is 15.0 Å². The zero-order chi connectivity index (χ0) is 22.5. The number of halogens is 2. The van der Waals surface area contributed by atoms with Crippen molar-refractivity contribution >= 4 is 35.0 Å². The fourth-order valence-electron chi connectivity index (χ4n) is 4.54. The first-order valence-electron chi connectivity index (χ1n) is 10.3. The molecule has 1 atom stereocenters. The number of piperidine rings is 1. The Kier molecular flexibility index (Phi) is 5.17. The lowest BCUT2D eigenvalue weighted by Crippen LogP contribution is -2.51. The van der Waals surface area contributed by atoms with E-state index in [0.717, 1.165) is 5.56 Å². The number of hydrogen-bond donors (Lipinski definition) is 1. The molecule has 1 spiro atoms. The molecule has 0 amide bonds. The van der Waals surface area contributed by atoms with Crippen LogP contribution in [0.2, 0.25) is 10.0 Å². The number of rotatable bonds is 2. The highest BCUT2D eigenvalue weighted by Crippen LogP contribution is 2.46. The largest absolute Gasteiger partial charge is 0.469 e. The number of hydrogen-bond acceptors (Lipinski definition) is 6. The number of fused-ring (bicyclic) bond motifs is 1. The first kappa shape index (κ1) is 21.0. The summed E-state index contributed by atoms with van der Waals surface area (Å²) in [6, 6.07) is 8.97. The molecular weight excluding hydrogens is 447 g/mol. The third-order valence-electron chi connectivity index (χ3n) is 6.28. The van der Waals surface area contributed by atoms with Crippen LogP contribution in [0, 0.1) is 13.5 Å². The summed E-state index contributed by atoms with van der Waals surface area (Å²) in [7, 11) is 0. The molecule has 1 fully saturated rings. The summed E-state index contributed by atoms with van der Waals surface area (Å²) in [5.74, 6) is 1.40. The standard InChI is InChI=1S/C23H20Cl2N6O/c1-13-17(14-5-3-7-16(24)18(14)25)20(27-2)30-22(29-13)31-11-8-23(9-12-31)19(26)15-6-4-10-28-21(15)32-23/h3-7,10,19H,8-9,11-12,26H2,1H3. The quantitative estimate of drug-likeness (QED) is 0.526. The summed E-state index contributed by atoms with van der Waals surface area (Å²) >= 11 is 12.6. The van der Waals surface area contributed by atoms with Gasteiger partial charge in [-0.05, 0) is 24.6 Å². The highest BCUT2D eigenvalue weighted by Gasteiger charge is 2.49. The Bertz CT molecular complexity index is 1250. The number of benzene rings is 1. The van der Waals surface area contributed by atoms with Gasteiger partial charge in [-0.25, -0.2) is 4.98 Å². The van der Waals surface area contributed by atoms with Gasteiger partial charge in [0.25, 0.3) is 5.82 Å². The Balaban J connectivity index is 1.42. The van der Waals surface area contributed by atoms with Gasteiger partial charge in [-0.1, -0.05) is 53.0 Å². The number of anilines is 1. The molecule has 1 unspecified atom stereocenters. The van der Waals surface area contributed by atoms with Gasteiger partial charge in [0.05, 0.1) is 16.1 Å². The Labute approximate surface area is 196 Å². The molecule has 2 aromatic heterocycles. The van der Waals surface area contributed by atoms with E-state index in [1.54, 1.807) is 18.3 Å². The van der Waals surface area contributed by atoms with Gasteiger partial charge in [0.1, 0.15) is 5.60 Å². The topological polar surface area (TPSA) is 81.5 Å². The van der Waals surface area contributed by atoms with Crippen molar-refractivity contribution in [2.75, 3.05) is 18.0 Å². The SMILES string of the molecule is [C-]#[N+]c1nc(N2CCC3(CC2)Oc2ncccc2C3N)nc(C)c1-c1cccc(Cl)c1Cl. The molecule has 0 aliphatic carbocycles. The lowest BCUT2D eigenvalue weighted by atomic mass is 9.83. The van der Waals surface area contributed by atoms with Crippen LogP contribution in [0.5, 0.6) is 5.88 Å². The van der Waals surface area contributed by atoms with Crippen molar-refractivity contribution < 1.29 is 4.74 Å². The van der Waals surface area contributed by atoms with Crippen molar-refractivity contribution in [3.8, 4) is 17.0 Å². The molecular formula is C23H20Cl2N6O. The van der Waals surface area contributed by atoms with E-state index in [2.05, 4.69) is 19.7 Å². The lowest BCUT2D eigenvalue weighted by Gasteiger charge is -2.40. The molecule has 162 valence electrons. The Morgan fingerprint density at radius 1 is 1.19 bits per heavy atom. The van der Waals surface area contributed by atoms with Crippen LogP contribution in [-0.4, -0.2) is 33.6 Å². The first-order valence-corrected chi connectivity index (χ1v) is 11.0. The van der Waals surface area contributed by atoms with Crippen molar-refractivity contribution in [3.05, 3.63) is 69.2 Å². The molecule has 2 N–H and O–H groups in total. The summed E-state index contributed by atoms with van der Waals surface area (Å²) in [4.78, 5) is 19.3. The lowest BCUT2D eigenvalue weighted by molar-refractivity contribution is 0.0396. The van der Waals surface area contributed by atoms with Crippen LogP contribution in [0.25, 0.3) is 16.0 Å². The summed E-state index contributed by atoms with van der Waals surface area (Å²) < 4.78 is 6.22. The molecule has 1 saturated heterocycles. The van der Waals surface area contributed by atoms with E-state index in [1.807, 2.05) is 25.1 Å². The zero-order valence-electron chi connectivity index (χ0n) is 17.3. The van der Waals surface area contributed by atoms with E-state index in [-0.39, 0.29) is 11.9 Å². The van der Waals surface area contributed by atoms with Crippen LogP contribution in [-0.2, 0) is 0 Å². The second-order valence-corrected chi connectivity index (χ2v) is 8.84. The van der Waals surface area contributed by atoms with Gasteiger partial charge < -0.3 is 20.2 Å². The van der Waals surface area contributed by atoms with Crippen LogP contribution in [0.3, 0.4) is 0 Å². The minimum atomic E-state index is -0.473. The highest BCUT2D eigenvalue weighted by atomic mass is 35.5. The van der Waals surface area contributed by atoms with E-state index in [1.165, 1.54) is 0 Å². The molecule has 5 rings (SSSR count). The monoisotopic (exact) mass is 466 g/mol. The summed E-state index contributed by atoms with van der Waals surface area (Å²) in [6.07, 6.45) is 3.14. The summed E-state index contributed by atoms with van der Waals surface area (Å²) in [5.41, 5.74) is 8.96. The molecule has 9 heteroatoms. The number of pyridine rings is 1. The number of nitrogens with zero attached hydrogens (tertiary/aromatic N) is 5. The maximum atomic E-state index is 7.69. The van der Waals surface area contributed by atoms with Gasteiger partial charge in [0.2, 0.25) is 5.88 Å². The van der Waals surface area contributed by atoms with Crippen molar-refractivity contribution in [3.63, 3.8) is 0 Å². The van der Waals surface area contributed by atoms with Crippen molar-refractivity contribution in [2.24, 2.45) is 5.73 Å². The molecule has 0 radical (unpaired) electrons. The second kappa shape index (κ2) is 7.89. The Morgan fingerprint density at radius 3 is 2.69 bits per heavy atom. The van der Waals surface area contributed by atoms with Crippen LogP contribution in [0.4, 0.5) is 11.8 Å². The maximum Gasteiger partial charge on any atom is 0.322 e. The second-order valence-electron chi connectivity index (χ2n) is 8.05. The highest BCUT2D eigenvalue weighted by molar-refractivity contribution is 6.43.